The third-order valence-corrected chi connectivity index (χ3v) is 10.7. The van der Waals surface area contributed by atoms with Crippen molar-refractivity contribution >= 4 is 18.1 Å². The summed E-state index contributed by atoms with van der Waals surface area (Å²) in [6.45, 7) is 4.67. The van der Waals surface area contributed by atoms with E-state index in [1.807, 2.05) is 6.07 Å². The lowest BCUT2D eigenvalue weighted by molar-refractivity contribution is 0.438. The molecule has 0 N–H and O–H groups in total. The van der Waals surface area contributed by atoms with Crippen LogP contribution >= 0.6 is 0 Å². The van der Waals surface area contributed by atoms with Crippen LogP contribution in [0.4, 0.5) is 11.4 Å². The number of benzene rings is 2. The number of anilines is 1. The van der Waals surface area contributed by atoms with E-state index in [0.29, 0.717) is 23.7 Å². The number of hydrogen-bond donors (Lipinski definition) is 0. The highest BCUT2D eigenvalue weighted by atomic mass is 15.1. The lowest BCUT2D eigenvalue weighted by Crippen LogP contribution is -2.31. The van der Waals surface area contributed by atoms with Gasteiger partial charge in [0.2, 0.25) is 0 Å². The summed E-state index contributed by atoms with van der Waals surface area (Å²) in [6.07, 6.45) is 38.1. The standard InChI is InChI=1S/C44H42N2/c1-45-41-21-11-12-22-42(41)46(30-31-13-3-2-4-14-31)36-27-25-33(26-28-36)43-37-17-7-9-19-39(37)44(40-20-10-8-18-38(40)43)35-24-23-32-15-5-6-16-34(32)29-35/h2-7,10-17,20-22,24-25,27-29,32-33,39,44H,1,8-9,18-19,23,26,30H2. The van der Waals surface area contributed by atoms with Crippen LogP contribution in [0.15, 0.2) is 178 Å². The van der Waals surface area contributed by atoms with Gasteiger partial charge in [0.1, 0.15) is 0 Å². The summed E-state index contributed by atoms with van der Waals surface area (Å²) < 4.78 is 0. The normalized spacial score (nSPS) is 26.1. The first-order valence-electron chi connectivity index (χ1n) is 17.1. The average Bonchev–Trinajstić information content (AvgIpc) is 3.13. The molecule has 2 heteroatoms. The minimum absolute atomic E-state index is 0.377. The van der Waals surface area contributed by atoms with Gasteiger partial charge in [0.05, 0.1) is 11.4 Å². The molecule has 2 nitrogen and oxygen atoms in total. The summed E-state index contributed by atoms with van der Waals surface area (Å²) in [5.74, 6) is 1.89. The Morgan fingerprint density at radius 3 is 2.46 bits per heavy atom. The van der Waals surface area contributed by atoms with Gasteiger partial charge in [-0.25, -0.2) is 0 Å². The molecule has 0 radical (unpaired) electrons. The zero-order valence-corrected chi connectivity index (χ0v) is 26.6. The number of hydrogen-bond acceptors (Lipinski definition) is 2. The van der Waals surface area contributed by atoms with Crippen molar-refractivity contribution < 1.29 is 0 Å². The number of fused-ring (bicyclic) bond motifs is 2. The second-order valence-electron chi connectivity index (χ2n) is 13.3. The molecular formula is C44H42N2. The van der Waals surface area contributed by atoms with E-state index in [1.165, 1.54) is 28.8 Å². The van der Waals surface area contributed by atoms with Crippen molar-refractivity contribution in [2.45, 2.75) is 45.1 Å². The number of allylic oxidation sites excluding steroid dienone is 19. The van der Waals surface area contributed by atoms with E-state index < -0.39 is 0 Å². The van der Waals surface area contributed by atoms with E-state index in [2.05, 4.69) is 144 Å². The van der Waals surface area contributed by atoms with E-state index in [0.717, 1.165) is 50.0 Å². The van der Waals surface area contributed by atoms with Crippen LogP contribution in [-0.2, 0) is 6.54 Å². The Kier molecular flexibility index (Phi) is 7.88. The minimum atomic E-state index is 0.377. The van der Waals surface area contributed by atoms with Crippen molar-refractivity contribution in [3.05, 3.63) is 178 Å². The highest BCUT2D eigenvalue weighted by Crippen LogP contribution is 2.53. The van der Waals surface area contributed by atoms with Gasteiger partial charge >= 0.3 is 0 Å². The molecule has 0 saturated carbocycles. The van der Waals surface area contributed by atoms with Crippen LogP contribution in [0, 0.1) is 23.7 Å². The monoisotopic (exact) mass is 598 g/mol. The van der Waals surface area contributed by atoms with Gasteiger partial charge in [-0.05, 0) is 108 Å². The maximum absolute atomic E-state index is 4.39. The van der Waals surface area contributed by atoms with Crippen molar-refractivity contribution in [3.63, 3.8) is 0 Å². The topological polar surface area (TPSA) is 15.6 Å². The van der Waals surface area contributed by atoms with Gasteiger partial charge in [-0.2, -0.15) is 0 Å². The molecule has 0 aromatic heterocycles. The zero-order chi connectivity index (χ0) is 30.9. The number of nitrogens with zero attached hydrogens (tertiary/aromatic N) is 2. The molecule has 0 amide bonds. The van der Waals surface area contributed by atoms with E-state index in [-0.39, 0.29) is 0 Å². The predicted molar refractivity (Wildman–Crippen MR) is 194 cm³/mol. The Balaban J connectivity index is 1.15. The van der Waals surface area contributed by atoms with Crippen LogP contribution in [-0.4, -0.2) is 6.72 Å². The van der Waals surface area contributed by atoms with Crippen molar-refractivity contribution in [2.24, 2.45) is 28.7 Å². The molecule has 2 aromatic rings. The third-order valence-electron chi connectivity index (χ3n) is 10.7. The molecule has 2 aromatic carbocycles. The van der Waals surface area contributed by atoms with Gasteiger partial charge in [0.15, 0.2) is 0 Å². The lowest BCUT2D eigenvalue weighted by Gasteiger charge is -2.43. The average molecular weight is 599 g/mol. The van der Waals surface area contributed by atoms with Crippen molar-refractivity contribution in [2.75, 3.05) is 4.90 Å². The molecule has 0 heterocycles. The minimum Gasteiger partial charge on any atom is -0.336 e. The zero-order valence-electron chi connectivity index (χ0n) is 26.6. The second kappa shape index (κ2) is 12.6. The first kappa shape index (κ1) is 28.8. The molecule has 6 aliphatic carbocycles. The highest BCUT2D eigenvalue weighted by molar-refractivity contribution is 5.72. The molecular weight excluding hydrogens is 556 g/mol. The van der Waals surface area contributed by atoms with Crippen LogP contribution in [0.5, 0.6) is 0 Å². The number of aliphatic imine (C=N–C) groups is 1. The van der Waals surface area contributed by atoms with Crippen molar-refractivity contribution in [1.82, 2.24) is 0 Å². The van der Waals surface area contributed by atoms with Gasteiger partial charge in [0.25, 0.3) is 0 Å². The molecule has 0 spiro atoms. The largest absolute Gasteiger partial charge is 0.336 e. The predicted octanol–water partition coefficient (Wildman–Crippen LogP) is 11.0. The third kappa shape index (κ3) is 5.30. The quantitative estimate of drug-likeness (QED) is 0.290. The molecule has 46 heavy (non-hydrogen) atoms. The summed E-state index contributed by atoms with van der Waals surface area (Å²) in [6, 6.07) is 19.1. The Bertz CT molecular complexity index is 1850. The molecule has 0 aliphatic heterocycles. The Hall–Kier alpha value is -4.69. The first-order chi connectivity index (χ1) is 22.8. The molecule has 6 aliphatic rings. The maximum atomic E-state index is 4.39. The fourth-order valence-electron chi connectivity index (χ4n) is 8.54. The molecule has 8 rings (SSSR count). The van der Waals surface area contributed by atoms with Crippen LogP contribution in [0.2, 0.25) is 0 Å². The Morgan fingerprint density at radius 2 is 1.59 bits per heavy atom. The molecule has 0 saturated heterocycles. The van der Waals surface area contributed by atoms with E-state index in [1.54, 1.807) is 22.3 Å². The van der Waals surface area contributed by atoms with E-state index >= 15 is 0 Å². The highest BCUT2D eigenvalue weighted by Gasteiger charge is 2.40. The molecule has 0 fully saturated rings. The number of para-hydroxylation sites is 2. The SMILES string of the molecule is C=Nc1ccccc1N(Cc1ccccc1)C1=CCC(C2=C3C=CCCC3C(C3=CCC4C=CC=CC4=C3)C3=C2CCC=C3)C=C1. The lowest BCUT2D eigenvalue weighted by atomic mass is 9.61. The molecule has 4 atom stereocenters. The van der Waals surface area contributed by atoms with Crippen LogP contribution in [0.25, 0.3) is 0 Å². The van der Waals surface area contributed by atoms with E-state index in [9.17, 15) is 0 Å². The van der Waals surface area contributed by atoms with Gasteiger partial charge in [0, 0.05) is 30.0 Å². The Morgan fingerprint density at radius 1 is 0.761 bits per heavy atom. The summed E-state index contributed by atoms with van der Waals surface area (Å²) in [5.41, 5.74) is 13.9. The van der Waals surface area contributed by atoms with Crippen molar-refractivity contribution in [3.8, 4) is 0 Å². The van der Waals surface area contributed by atoms with Crippen LogP contribution in [0.1, 0.15) is 44.1 Å². The van der Waals surface area contributed by atoms with Crippen LogP contribution < -0.4 is 4.90 Å². The summed E-state index contributed by atoms with van der Waals surface area (Å²) in [4.78, 5) is 6.79. The number of rotatable bonds is 7. The molecule has 4 unspecified atom stereocenters. The summed E-state index contributed by atoms with van der Waals surface area (Å²) in [5, 5.41) is 0. The van der Waals surface area contributed by atoms with Gasteiger partial charge < -0.3 is 4.90 Å². The summed E-state index contributed by atoms with van der Waals surface area (Å²) >= 11 is 0. The smallest absolute Gasteiger partial charge is 0.0859 e. The second-order valence-corrected chi connectivity index (χ2v) is 13.3. The molecule has 0 bridgehead atoms. The van der Waals surface area contributed by atoms with Crippen molar-refractivity contribution in [1.29, 1.82) is 0 Å². The van der Waals surface area contributed by atoms with Gasteiger partial charge in [-0.1, -0.05) is 115 Å². The Labute approximate surface area is 274 Å². The summed E-state index contributed by atoms with van der Waals surface area (Å²) in [7, 11) is 0. The molecule has 228 valence electrons. The first-order valence-corrected chi connectivity index (χ1v) is 17.1. The fraction of sp³-hybridized carbons (Fsp3) is 0.250. The van der Waals surface area contributed by atoms with E-state index in [4.69, 9.17) is 0 Å². The van der Waals surface area contributed by atoms with Crippen LogP contribution in [0.3, 0.4) is 0 Å². The van der Waals surface area contributed by atoms with Gasteiger partial charge in [-0.3, -0.25) is 4.99 Å². The maximum Gasteiger partial charge on any atom is 0.0859 e. The fourth-order valence-corrected chi connectivity index (χ4v) is 8.54. The van der Waals surface area contributed by atoms with Gasteiger partial charge in [-0.15, -0.1) is 0 Å².